The third-order valence-electron chi connectivity index (χ3n) is 3.16. The van der Waals surface area contributed by atoms with Gasteiger partial charge in [-0.1, -0.05) is 0 Å². The fraction of sp³-hybridized carbons (Fsp3) is 0.500. The van der Waals surface area contributed by atoms with Crippen LogP contribution in [0.15, 0.2) is 12.1 Å². The van der Waals surface area contributed by atoms with E-state index in [1.165, 1.54) is 0 Å². The first-order valence-corrected chi connectivity index (χ1v) is 5.37. The molecule has 0 bridgehead atoms. The second-order valence-electron chi connectivity index (χ2n) is 4.30. The fourth-order valence-electron chi connectivity index (χ4n) is 2.03. The van der Waals surface area contributed by atoms with Crippen LogP contribution in [0.3, 0.4) is 0 Å². The monoisotopic (exact) mass is 222 g/mol. The Bertz CT molecular complexity index is 423. The van der Waals surface area contributed by atoms with Crippen molar-refractivity contribution in [1.29, 1.82) is 0 Å². The van der Waals surface area contributed by atoms with Crippen molar-refractivity contribution in [3.05, 3.63) is 23.3 Å². The molecule has 0 atom stereocenters. The number of ether oxygens (including phenoxy) is 3. The standard InChI is InChI=1S/C12H14O4/c1-14-11-4-8-6-15-7-16-10(8)5-9(11)12(13)2-3-12/h4-5,13H,2-3,6-7H2,1H3. The molecule has 1 heterocycles. The van der Waals surface area contributed by atoms with E-state index in [1.54, 1.807) is 7.11 Å². The van der Waals surface area contributed by atoms with Gasteiger partial charge in [0.05, 0.1) is 19.3 Å². The molecular weight excluding hydrogens is 208 g/mol. The van der Waals surface area contributed by atoms with E-state index in [4.69, 9.17) is 14.2 Å². The maximum absolute atomic E-state index is 10.1. The Morgan fingerprint density at radius 3 is 2.88 bits per heavy atom. The van der Waals surface area contributed by atoms with Gasteiger partial charge in [0, 0.05) is 11.1 Å². The Labute approximate surface area is 93.7 Å². The van der Waals surface area contributed by atoms with E-state index < -0.39 is 5.60 Å². The minimum absolute atomic E-state index is 0.275. The lowest BCUT2D eigenvalue weighted by Crippen LogP contribution is -2.14. The van der Waals surface area contributed by atoms with E-state index in [0.717, 1.165) is 29.7 Å². The Morgan fingerprint density at radius 1 is 1.38 bits per heavy atom. The van der Waals surface area contributed by atoms with Gasteiger partial charge >= 0.3 is 0 Å². The zero-order valence-corrected chi connectivity index (χ0v) is 9.16. The van der Waals surface area contributed by atoms with Crippen LogP contribution < -0.4 is 9.47 Å². The number of methoxy groups -OCH3 is 1. The van der Waals surface area contributed by atoms with Crippen molar-refractivity contribution >= 4 is 0 Å². The molecule has 0 amide bonds. The Hall–Kier alpha value is -1.26. The molecule has 4 nitrogen and oxygen atoms in total. The normalized spacial score (nSPS) is 20.9. The van der Waals surface area contributed by atoms with Crippen molar-refractivity contribution in [3.8, 4) is 11.5 Å². The van der Waals surface area contributed by atoms with E-state index >= 15 is 0 Å². The van der Waals surface area contributed by atoms with Gasteiger partial charge in [0.1, 0.15) is 11.5 Å². The van der Waals surface area contributed by atoms with Gasteiger partial charge in [0.15, 0.2) is 6.79 Å². The highest BCUT2D eigenvalue weighted by molar-refractivity contribution is 5.50. The summed E-state index contributed by atoms with van der Waals surface area (Å²) in [6, 6.07) is 3.77. The number of fused-ring (bicyclic) bond motifs is 1. The highest BCUT2D eigenvalue weighted by atomic mass is 16.7. The van der Waals surface area contributed by atoms with Gasteiger partial charge in [0.25, 0.3) is 0 Å². The van der Waals surface area contributed by atoms with Crippen LogP contribution in [0, 0.1) is 0 Å². The predicted molar refractivity (Wildman–Crippen MR) is 56.4 cm³/mol. The third-order valence-corrected chi connectivity index (χ3v) is 3.16. The van der Waals surface area contributed by atoms with Crippen molar-refractivity contribution in [1.82, 2.24) is 0 Å². The van der Waals surface area contributed by atoms with E-state index in [1.807, 2.05) is 12.1 Å². The van der Waals surface area contributed by atoms with Gasteiger partial charge in [-0.2, -0.15) is 0 Å². The van der Waals surface area contributed by atoms with E-state index in [-0.39, 0.29) is 6.79 Å². The second-order valence-corrected chi connectivity index (χ2v) is 4.30. The van der Waals surface area contributed by atoms with Crippen molar-refractivity contribution < 1.29 is 19.3 Å². The summed E-state index contributed by atoms with van der Waals surface area (Å²) in [7, 11) is 1.61. The number of rotatable bonds is 2. The van der Waals surface area contributed by atoms with Gasteiger partial charge in [-0.15, -0.1) is 0 Å². The van der Waals surface area contributed by atoms with Crippen molar-refractivity contribution in [3.63, 3.8) is 0 Å². The quantitative estimate of drug-likeness (QED) is 0.824. The number of benzene rings is 1. The van der Waals surface area contributed by atoms with Crippen molar-refractivity contribution in [2.24, 2.45) is 0 Å². The summed E-state index contributed by atoms with van der Waals surface area (Å²) in [6.07, 6.45) is 1.58. The Balaban J connectivity index is 2.09. The molecule has 1 aliphatic heterocycles. The molecule has 0 aromatic heterocycles. The molecule has 0 spiro atoms. The summed E-state index contributed by atoms with van der Waals surface area (Å²) >= 11 is 0. The average Bonchev–Trinajstić information content (AvgIpc) is 3.07. The SMILES string of the molecule is COc1cc2c(cc1C1(O)CC1)OCOC2. The molecule has 16 heavy (non-hydrogen) atoms. The van der Waals surface area contributed by atoms with Crippen LogP contribution in [-0.2, 0) is 16.9 Å². The van der Waals surface area contributed by atoms with Crippen LogP contribution in [0.25, 0.3) is 0 Å². The molecule has 0 unspecified atom stereocenters. The van der Waals surface area contributed by atoms with Crippen LogP contribution in [0.2, 0.25) is 0 Å². The van der Waals surface area contributed by atoms with Gasteiger partial charge in [0.2, 0.25) is 0 Å². The molecule has 3 rings (SSSR count). The minimum atomic E-state index is -0.706. The highest BCUT2D eigenvalue weighted by Crippen LogP contribution is 2.50. The summed E-state index contributed by atoms with van der Waals surface area (Å²) < 4.78 is 15.9. The van der Waals surface area contributed by atoms with Crippen LogP contribution >= 0.6 is 0 Å². The molecule has 1 saturated carbocycles. The third kappa shape index (κ3) is 1.45. The lowest BCUT2D eigenvalue weighted by atomic mass is 10.0. The topological polar surface area (TPSA) is 47.9 Å². The lowest BCUT2D eigenvalue weighted by Gasteiger charge is -2.22. The summed E-state index contributed by atoms with van der Waals surface area (Å²) in [5.74, 6) is 1.51. The molecule has 1 fully saturated rings. The number of hydrogen-bond acceptors (Lipinski definition) is 4. The molecule has 0 radical (unpaired) electrons. The zero-order valence-electron chi connectivity index (χ0n) is 9.16. The van der Waals surface area contributed by atoms with Crippen molar-refractivity contribution in [2.45, 2.75) is 25.0 Å². The van der Waals surface area contributed by atoms with Crippen molar-refractivity contribution in [2.75, 3.05) is 13.9 Å². The van der Waals surface area contributed by atoms with Gasteiger partial charge < -0.3 is 19.3 Å². The molecule has 1 aromatic carbocycles. The molecule has 2 aliphatic rings. The van der Waals surface area contributed by atoms with Gasteiger partial charge in [-0.25, -0.2) is 0 Å². The van der Waals surface area contributed by atoms with Crippen LogP contribution in [-0.4, -0.2) is 19.0 Å². The van der Waals surface area contributed by atoms with E-state index in [9.17, 15) is 5.11 Å². The van der Waals surface area contributed by atoms with E-state index in [2.05, 4.69) is 0 Å². The lowest BCUT2D eigenvalue weighted by molar-refractivity contribution is -0.0168. The first kappa shape index (κ1) is 9.93. The minimum Gasteiger partial charge on any atom is -0.496 e. The smallest absolute Gasteiger partial charge is 0.189 e. The van der Waals surface area contributed by atoms with Gasteiger partial charge in [-0.05, 0) is 25.0 Å². The molecule has 4 heteroatoms. The first-order chi connectivity index (χ1) is 7.73. The summed E-state index contributed by atoms with van der Waals surface area (Å²) in [4.78, 5) is 0. The van der Waals surface area contributed by atoms with Crippen LogP contribution in [0.4, 0.5) is 0 Å². The molecule has 1 N–H and O–H groups in total. The Morgan fingerprint density at radius 2 is 2.19 bits per heavy atom. The predicted octanol–water partition coefficient (Wildman–Crippen LogP) is 1.54. The summed E-state index contributed by atoms with van der Waals surface area (Å²) in [5, 5.41) is 10.1. The van der Waals surface area contributed by atoms with Crippen LogP contribution in [0.1, 0.15) is 24.0 Å². The fourth-order valence-corrected chi connectivity index (χ4v) is 2.03. The van der Waals surface area contributed by atoms with E-state index in [0.29, 0.717) is 12.4 Å². The molecule has 1 aromatic rings. The summed E-state index contributed by atoms with van der Waals surface area (Å²) in [6.45, 7) is 0.807. The zero-order chi connectivity index (χ0) is 11.2. The molecule has 86 valence electrons. The maximum atomic E-state index is 10.1. The summed E-state index contributed by atoms with van der Waals surface area (Å²) in [5.41, 5.74) is 1.09. The number of hydrogen-bond donors (Lipinski definition) is 1. The molecule has 1 aliphatic carbocycles. The van der Waals surface area contributed by atoms with Crippen LogP contribution in [0.5, 0.6) is 11.5 Å². The average molecular weight is 222 g/mol. The molecular formula is C12H14O4. The molecule has 0 saturated heterocycles. The largest absolute Gasteiger partial charge is 0.496 e. The highest BCUT2D eigenvalue weighted by Gasteiger charge is 2.44. The Kier molecular flexibility index (Phi) is 2.09. The van der Waals surface area contributed by atoms with Gasteiger partial charge in [-0.3, -0.25) is 0 Å². The second kappa shape index (κ2) is 3.37. The number of aliphatic hydroxyl groups is 1. The first-order valence-electron chi connectivity index (χ1n) is 5.37. The maximum Gasteiger partial charge on any atom is 0.189 e.